The van der Waals surface area contributed by atoms with Gasteiger partial charge < -0.3 is 19.5 Å². The number of hydrogen-bond donors (Lipinski definition) is 2. The third kappa shape index (κ3) is 4.03. The van der Waals surface area contributed by atoms with E-state index in [0.717, 1.165) is 6.07 Å². The molecule has 0 aliphatic heterocycles. The molecule has 3 aromatic rings. The van der Waals surface area contributed by atoms with Gasteiger partial charge in [-0.1, -0.05) is 12.1 Å². The van der Waals surface area contributed by atoms with Crippen LogP contribution in [0.5, 0.6) is 0 Å². The molecular formula is C17H13F3N2O3. The van der Waals surface area contributed by atoms with Crippen LogP contribution in [0, 0.1) is 0 Å². The van der Waals surface area contributed by atoms with Gasteiger partial charge in [-0.3, -0.25) is 0 Å². The summed E-state index contributed by atoms with van der Waals surface area (Å²) in [6, 6.07) is 10.7. The Hall–Kier alpha value is -3.16. The number of urea groups is 1. The highest BCUT2D eigenvalue weighted by Gasteiger charge is 2.33. The summed E-state index contributed by atoms with van der Waals surface area (Å²) in [6.45, 7) is 0.0146. The van der Waals surface area contributed by atoms with E-state index in [2.05, 4.69) is 10.6 Å². The summed E-state index contributed by atoms with van der Waals surface area (Å²) in [4.78, 5) is 11.9. The van der Waals surface area contributed by atoms with Crippen molar-refractivity contribution in [1.82, 2.24) is 5.32 Å². The second-order valence-corrected chi connectivity index (χ2v) is 5.09. The number of nitrogens with one attached hydrogen (secondary N) is 2. The molecular weight excluding hydrogens is 337 g/mol. The molecule has 0 fully saturated rings. The summed E-state index contributed by atoms with van der Waals surface area (Å²) in [5, 5.41) is 4.63. The van der Waals surface area contributed by atoms with Gasteiger partial charge in [-0.2, -0.15) is 13.2 Å². The lowest BCUT2D eigenvalue weighted by atomic mass is 10.1. The highest BCUT2D eigenvalue weighted by molar-refractivity contribution is 5.90. The first-order valence-corrected chi connectivity index (χ1v) is 7.27. The smallest absolute Gasteiger partial charge is 0.418 e. The SMILES string of the molecule is O=C(NCc1ccc(-c2ccco2)o1)Nc1ccccc1C(F)(F)F. The van der Waals surface area contributed by atoms with E-state index in [4.69, 9.17) is 8.83 Å². The summed E-state index contributed by atoms with van der Waals surface area (Å²) < 4.78 is 49.3. The van der Waals surface area contributed by atoms with E-state index in [0.29, 0.717) is 17.3 Å². The van der Waals surface area contributed by atoms with Gasteiger partial charge in [-0.15, -0.1) is 0 Å². The average molecular weight is 350 g/mol. The largest absolute Gasteiger partial charge is 0.461 e. The lowest BCUT2D eigenvalue weighted by molar-refractivity contribution is -0.136. The number of alkyl halides is 3. The van der Waals surface area contributed by atoms with Crippen LogP contribution < -0.4 is 10.6 Å². The number of halogens is 3. The molecule has 2 aromatic heterocycles. The van der Waals surface area contributed by atoms with Crippen LogP contribution in [0.1, 0.15) is 11.3 Å². The van der Waals surface area contributed by atoms with Crippen LogP contribution in [0.15, 0.2) is 63.6 Å². The molecule has 8 heteroatoms. The van der Waals surface area contributed by atoms with Gasteiger partial charge in [0.05, 0.1) is 24.1 Å². The minimum absolute atomic E-state index is 0.0146. The van der Waals surface area contributed by atoms with E-state index in [1.165, 1.54) is 24.5 Å². The second kappa shape index (κ2) is 6.76. The maximum Gasteiger partial charge on any atom is 0.418 e. The van der Waals surface area contributed by atoms with Gasteiger partial charge in [0.25, 0.3) is 0 Å². The molecule has 2 heterocycles. The first-order chi connectivity index (χ1) is 11.9. The molecule has 0 saturated carbocycles. The maximum atomic E-state index is 12.9. The van der Waals surface area contributed by atoms with E-state index >= 15 is 0 Å². The van der Waals surface area contributed by atoms with Crippen LogP contribution in [0.3, 0.4) is 0 Å². The lowest BCUT2D eigenvalue weighted by Gasteiger charge is -2.13. The molecule has 0 unspecified atom stereocenters. The molecule has 0 aliphatic rings. The van der Waals surface area contributed by atoms with Gasteiger partial charge in [0.1, 0.15) is 5.76 Å². The standard InChI is InChI=1S/C17H13F3N2O3/c18-17(19,20)12-4-1-2-5-13(12)22-16(23)21-10-11-7-8-15(25-11)14-6-3-9-24-14/h1-9H,10H2,(H2,21,22,23). The van der Waals surface area contributed by atoms with Crippen molar-refractivity contribution in [2.24, 2.45) is 0 Å². The molecule has 0 aliphatic carbocycles. The van der Waals surface area contributed by atoms with Gasteiger partial charge in [-0.25, -0.2) is 4.79 Å². The fraction of sp³-hybridized carbons (Fsp3) is 0.118. The van der Waals surface area contributed by atoms with Crippen molar-refractivity contribution in [3.05, 3.63) is 66.1 Å². The third-order valence-corrected chi connectivity index (χ3v) is 3.33. The Bertz CT molecular complexity index is 854. The number of hydrogen-bond acceptors (Lipinski definition) is 3. The van der Waals surface area contributed by atoms with E-state index < -0.39 is 17.8 Å². The van der Waals surface area contributed by atoms with Crippen LogP contribution in [-0.2, 0) is 12.7 Å². The van der Waals surface area contributed by atoms with Crippen molar-refractivity contribution in [1.29, 1.82) is 0 Å². The second-order valence-electron chi connectivity index (χ2n) is 5.09. The number of benzene rings is 1. The van der Waals surface area contributed by atoms with Gasteiger partial charge >= 0.3 is 12.2 Å². The Morgan fingerprint density at radius 1 is 1.00 bits per heavy atom. The summed E-state index contributed by atoms with van der Waals surface area (Å²) in [7, 11) is 0. The van der Waals surface area contributed by atoms with E-state index in [9.17, 15) is 18.0 Å². The van der Waals surface area contributed by atoms with Gasteiger partial charge in [0.2, 0.25) is 0 Å². The molecule has 130 valence electrons. The Morgan fingerprint density at radius 2 is 1.80 bits per heavy atom. The van der Waals surface area contributed by atoms with Crippen molar-refractivity contribution < 1.29 is 26.8 Å². The third-order valence-electron chi connectivity index (χ3n) is 3.33. The van der Waals surface area contributed by atoms with Crippen LogP contribution in [0.2, 0.25) is 0 Å². The van der Waals surface area contributed by atoms with Crippen LogP contribution in [0.25, 0.3) is 11.5 Å². The molecule has 5 nitrogen and oxygen atoms in total. The van der Waals surface area contributed by atoms with Crippen molar-refractivity contribution in [3.8, 4) is 11.5 Å². The first-order valence-electron chi connectivity index (χ1n) is 7.27. The van der Waals surface area contributed by atoms with Gasteiger partial charge in [0, 0.05) is 0 Å². The van der Waals surface area contributed by atoms with E-state index in [1.807, 2.05) is 0 Å². The number of anilines is 1. The predicted molar refractivity (Wildman–Crippen MR) is 83.7 cm³/mol. The van der Waals surface area contributed by atoms with Crippen LogP contribution in [0.4, 0.5) is 23.7 Å². The van der Waals surface area contributed by atoms with Crippen molar-refractivity contribution in [2.45, 2.75) is 12.7 Å². The molecule has 2 amide bonds. The number of para-hydroxylation sites is 1. The average Bonchev–Trinajstić information content (AvgIpc) is 3.24. The Morgan fingerprint density at radius 3 is 2.52 bits per heavy atom. The zero-order valence-electron chi connectivity index (χ0n) is 12.8. The number of carbonyl (C=O) groups excluding carboxylic acids is 1. The molecule has 0 saturated heterocycles. The van der Waals surface area contributed by atoms with Crippen molar-refractivity contribution >= 4 is 11.7 Å². The Kier molecular flexibility index (Phi) is 4.51. The normalized spacial score (nSPS) is 11.3. The predicted octanol–water partition coefficient (Wildman–Crippen LogP) is 4.88. The lowest BCUT2D eigenvalue weighted by Crippen LogP contribution is -2.29. The van der Waals surface area contributed by atoms with Crippen molar-refractivity contribution in [3.63, 3.8) is 0 Å². The van der Waals surface area contributed by atoms with E-state index in [1.54, 1.807) is 24.3 Å². The Balaban J connectivity index is 1.61. The summed E-state index contributed by atoms with van der Waals surface area (Å²) in [5.41, 5.74) is -1.23. The summed E-state index contributed by atoms with van der Waals surface area (Å²) >= 11 is 0. The minimum Gasteiger partial charge on any atom is -0.461 e. The van der Waals surface area contributed by atoms with E-state index in [-0.39, 0.29) is 12.2 Å². The summed E-state index contributed by atoms with van der Waals surface area (Å²) in [5.74, 6) is 1.46. The maximum absolute atomic E-state index is 12.9. The zero-order chi connectivity index (χ0) is 17.9. The molecule has 0 atom stereocenters. The van der Waals surface area contributed by atoms with Crippen molar-refractivity contribution in [2.75, 3.05) is 5.32 Å². The highest BCUT2D eigenvalue weighted by Crippen LogP contribution is 2.34. The quantitative estimate of drug-likeness (QED) is 0.705. The number of rotatable bonds is 4. The molecule has 0 radical (unpaired) electrons. The molecule has 3 rings (SSSR count). The number of carbonyl (C=O) groups is 1. The van der Waals surface area contributed by atoms with Crippen LogP contribution >= 0.6 is 0 Å². The Labute approximate surface area is 140 Å². The monoisotopic (exact) mass is 350 g/mol. The van der Waals surface area contributed by atoms with Gasteiger partial charge in [0.15, 0.2) is 11.5 Å². The number of furan rings is 2. The first kappa shape index (κ1) is 16.7. The minimum atomic E-state index is -4.55. The van der Waals surface area contributed by atoms with Crippen LogP contribution in [-0.4, -0.2) is 6.03 Å². The fourth-order valence-corrected chi connectivity index (χ4v) is 2.20. The molecule has 0 bridgehead atoms. The molecule has 2 N–H and O–H groups in total. The topological polar surface area (TPSA) is 67.4 Å². The van der Waals surface area contributed by atoms with Gasteiger partial charge in [-0.05, 0) is 36.4 Å². The molecule has 25 heavy (non-hydrogen) atoms. The summed E-state index contributed by atoms with van der Waals surface area (Å²) in [6.07, 6.45) is -3.05. The molecule has 0 spiro atoms. The number of amides is 2. The molecule has 1 aromatic carbocycles. The fourth-order valence-electron chi connectivity index (χ4n) is 2.20. The highest BCUT2D eigenvalue weighted by atomic mass is 19.4. The zero-order valence-corrected chi connectivity index (χ0v) is 12.8.